The number of nitrogens with one attached hydrogen (secondary N) is 1. The number of cyclic esters (lactones) is 1. The number of para-hydroxylation sites is 2. The molecule has 1 aliphatic heterocycles. The highest BCUT2D eigenvalue weighted by Gasteiger charge is 2.25. The summed E-state index contributed by atoms with van der Waals surface area (Å²) in [4.78, 5) is 11.3. The minimum absolute atomic E-state index is 0.202. The zero-order chi connectivity index (χ0) is 17.8. The van der Waals surface area contributed by atoms with E-state index in [0.29, 0.717) is 23.9 Å². The predicted molar refractivity (Wildman–Crippen MR) is 96.7 cm³/mol. The third-order valence-corrected chi connectivity index (χ3v) is 3.99. The molecule has 0 unspecified atom stereocenters. The molecular weight excluding hydrogens is 330 g/mol. The Morgan fingerprint density at radius 3 is 2.00 bits per heavy atom. The second-order valence-corrected chi connectivity index (χ2v) is 5.83. The molecular formula is C21H17NO4. The largest absolute Gasteiger partial charge is 0.453 e. The maximum absolute atomic E-state index is 11.3. The van der Waals surface area contributed by atoms with Crippen LogP contribution in [-0.4, -0.2) is 12.7 Å². The first-order valence-electron chi connectivity index (χ1n) is 8.31. The van der Waals surface area contributed by atoms with Crippen molar-refractivity contribution in [2.24, 2.45) is 0 Å². The van der Waals surface area contributed by atoms with Crippen LogP contribution in [0.4, 0.5) is 4.79 Å². The molecule has 1 fully saturated rings. The van der Waals surface area contributed by atoms with Crippen LogP contribution in [0.15, 0.2) is 78.9 Å². The molecule has 1 amide bonds. The average Bonchev–Trinajstić information content (AvgIpc) is 3.11. The molecule has 1 atom stereocenters. The molecule has 4 rings (SSSR count). The van der Waals surface area contributed by atoms with Crippen LogP contribution >= 0.6 is 0 Å². The van der Waals surface area contributed by atoms with E-state index in [1.54, 1.807) is 0 Å². The maximum Gasteiger partial charge on any atom is 0.407 e. The van der Waals surface area contributed by atoms with Crippen LogP contribution < -0.4 is 14.8 Å². The van der Waals surface area contributed by atoms with Crippen molar-refractivity contribution >= 4 is 6.09 Å². The van der Waals surface area contributed by atoms with Gasteiger partial charge in [-0.3, -0.25) is 0 Å². The minimum Gasteiger partial charge on any atom is -0.453 e. The molecule has 0 spiro atoms. The van der Waals surface area contributed by atoms with Crippen molar-refractivity contribution in [3.8, 4) is 23.0 Å². The molecule has 3 aromatic rings. The summed E-state index contributed by atoms with van der Waals surface area (Å²) < 4.78 is 17.0. The number of ether oxygens (including phenoxy) is 3. The van der Waals surface area contributed by atoms with Gasteiger partial charge in [-0.1, -0.05) is 42.5 Å². The molecule has 0 saturated carbocycles. The molecule has 1 saturated heterocycles. The van der Waals surface area contributed by atoms with Crippen molar-refractivity contribution in [2.75, 3.05) is 6.61 Å². The first kappa shape index (κ1) is 16.0. The van der Waals surface area contributed by atoms with Gasteiger partial charge in [-0.15, -0.1) is 0 Å². The zero-order valence-corrected chi connectivity index (χ0v) is 13.9. The molecule has 1 N–H and O–H groups in total. The van der Waals surface area contributed by atoms with Crippen molar-refractivity contribution in [1.29, 1.82) is 0 Å². The third kappa shape index (κ3) is 3.62. The molecule has 1 aliphatic rings. The normalized spacial score (nSPS) is 15.8. The Hall–Kier alpha value is -3.47. The minimum atomic E-state index is -0.412. The Labute approximate surface area is 151 Å². The van der Waals surface area contributed by atoms with Crippen LogP contribution in [0.1, 0.15) is 11.6 Å². The van der Waals surface area contributed by atoms with Gasteiger partial charge in [0.05, 0.1) is 6.04 Å². The number of benzene rings is 3. The Balaban J connectivity index is 1.66. The number of hydrogen-bond acceptors (Lipinski definition) is 4. The van der Waals surface area contributed by atoms with E-state index in [-0.39, 0.29) is 6.04 Å². The smallest absolute Gasteiger partial charge is 0.407 e. The second-order valence-electron chi connectivity index (χ2n) is 5.83. The lowest BCUT2D eigenvalue weighted by Crippen LogP contribution is -2.18. The van der Waals surface area contributed by atoms with Crippen LogP contribution in [0, 0.1) is 0 Å². The first-order chi connectivity index (χ1) is 12.8. The summed E-state index contributed by atoms with van der Waals surface area (Å²) >= 11 is 0. The fourth-order valence-electron chi connectivity index (χ4n) is 2.70. The lowest BCUT2D eigenvalue weighted by molar-refractivity contribution is 0.177. The third-order valence-electron chi connectivity index (χ3n) is 3.99. The summed E-state index contributed by atoms with van der Waals surface area (Å²) in [6.45, 7) is 0.294. The van der Waals surface area contributed by atoms with Gasteiger partial charge in [-0.05, 0) is 42.0 Å². The van der Waals surface area contributed by atoms with Gasteiger partial charge in [-0.2, -0.15) is 0 Å². The molecule has 1 heterocycles. The van der Waals surface area contributed by atoms with E-state index in [0.717, 1.165) is 11.3 Å². The molecule has 3 aromatic carbocycles. The quantitative estimate of drug-likeness (QED) is 0.701. The maximum atomic E-state index is 11.3. The van der Waals surface area contributed by atoms with Crippen LogP contribution in [0.3, 0.4) is 0 Å². The highest BCUT2D eigenvalue weighted by atomic mass is 16.6. The predicted octanol–water partition coefficient (Wildman–Crippen LogP) is 5.05. The van der Waals surface area contributed by atoms with Crippen molar-refractivity contribution in [2.45, 2.75) is 6.04 Å². The standard InChI is InChI=1S/C21H17NO4/c23-21-22-18(14-24-21)15-11-12-19(25-16-7-3-1-4-8-16)20(13-15)26-17-9-5-2-6-10-17/h1-13,18H,14H2,(H,22,23)/t18-/m1/s1. The van der Waals surface area contributed by atoms with E-state index in [1.165, 1.54) is 0 Å². The summed E-state index contributed by atoms with van der Waals surface area (Å²) in [6, 6.07) is 24.4. The van der Waals surface area contributed by atoms with E-state index in [4.69, 9.17) is 14.2 Å². The van der Waals surface area contributed by atoms with Gasteiger partial charge >= 0.3 is 6.09 Å². The number of carbonyl (C=O) groups is 1. The van der Waals surface area contributed by atoms with Crippen molar-refractivity contribution in [1.82, 2.24) is 5.32 Å². The van der Waals surface area contributed by atoms with Gasteiger partial charge in [-0.25, -0.2) is 4.79 Å². The molecule has 0 aromatic heterocycles. The topological polar surface area (TPSA) is 56.8 Å². The van der Waals surface area contributed by atoms with E-state index in [1.807, 2.05) is 78.9 Å². The fraction of sp³-hybridized carbons (Fsp3) is 0.0952. The molecule has 5 heteroatoms. The SMILES string of the molecule is O=C1N[C@@H](c2ccc(Oc3ccccc3)c(Oc3ccccc3)c2)CO1. The first-order valence-corrected chi connectivity index (χ1v) is 8.31. The molecule has 0 bridgehead atoms. The lowest BCUT2D eigenvalue weighted by atomic mass is 10.1. The molecule has 0 aliphatic carbocycles. The van der Waals surface area contributed by atoms with E-state index >= 15 is 0 Å². The van der Waals surface area contributed by atoms with Gasteiger partial charge in [0.15, 0.2) is 11.5 Å². The van der Waals surface area contributed by atoms with Crippen molar-refractivity contribution < 1.29 is 19.0 Å². The Morgan fingerprint density at radius 2 is 1.42 bits per heavy atom. The van der Waals surface area contributed by atoms with E-state index in [2.05, 4.69) is 5.32 Å². The molecule has 0 radical (unpaired) electrons. The highest BCUT2D eigenvalue weighted by molar-refractivity contribution is 5.70. The van der Waals surface area contributed by atoms with Gasteiger partial charge in [0.1, 0.15) is 18.1 Å². The Kier molecular flexibility index (Phi) is 4.43. The van der Waals surface area contributed by atoms with Gasteiger partial charge in [0, 0.05) is 0 Å². The van der Waals surface area contributed by atoms with E-state index in [9.17, 15) is 4.79 Å². The van der Waals surface area contributed by atoms with E-state index < -0.39 is 6.09 Å². The van der Waals surface area contributed by atoms with Crippen LogP contribution in [0.2, 0.25) is 0 Å². The zero-order valence-electron chi connectivity index (χ0n) is 13.9. The number of rotatable bonds is 5. The van der Waals surface area contributed by atoms with Gasteiger partial charge in [0.2, 0.25) is 0 Å². The second kappa shape index (κ2) is 7.19. The number of carbonyl (C=O) groups excluding carboxylic acids is 1. The van der Waals surface area contributed by atoms with Crippen LogP contribution in [-0.2, 0) is 4.74 Å². The summed E-state index contributed by atoms with van der Waals surface area (Å²) in [5.41, 5.74) is 0.891. The summed E-state index contributed by atoms with van der Waals surface area (Å²) in [5.74, 6) is 2.58. The number of amides is 1. The monoisotopic (exact) mass is 347 g/mol. The average molecular weight is 347 g/mol. The number of hydrogen-bond donors (Lipinski definition) is 1. The fourth-order valence-corrected chi connectivity index (χ4v) is 2.70. The van der Waals surface area contributed by atoms with Crippen molar-refractivity contribution in [3.05, 3.63) is 84.4 Å². The molecule has 5 nitrogen and oxygen atoms in total. The van der Waals surface area contributed by atoms with Crippen molar-refractivity contribution in [3.63, 3.8) is 0 Å². The number of alkyl carbamates (subject to hydrolysis) is 1. The summed E-state index contributed by atoms with van der Waals surface area (Å²) in [6.07, 6.45) is -0.412. The summed E-state index contributed by atoms with van der Waals surface area (Å²) in [5, 5.41) is 2.77. The molecule has 26 heavy (non-hydrogen) atoms. The van der Waals surface area contributed by atoms with Gasteiger partial charge in [0.25, 0.3) is 0 Å². The lowest BCUT2D eigenvalue weighted by Gasteiger charge is -2.15. The van der Waals surface area contributed by atoms with Crippen LogP contribution in [0.5, 0.6) is 23.0 Å². The Morgan fingerprint density at radius 1 is 0.808 bits per heavy atom. The summed E-state index contributed by atoms with van der Waals surface area (Å²) in [7, 11) is 0. The molecule has 130 valence electrons. The highest BCUT2D eigenvalue weighted by Crippen LogP contribution is 2.37. The Bertz CT molecular complexity index is 896. The van der Waals surface area contributed by atoms with Gasteiger partial charge < -0.3 is 19.5 Å². The van der Waals surface area contributed by atoms with Crippen LogP contribution in [0.25, 0.3) is 0 Å².